The van der Waals surface area contributed by atoms with Crippen LogP contribution in [0.15, 0.2) is 24.5 Å². The van der Waals surface area contributed by atoms with E-state index in [2.05, 4.69) is 27.0 Å². The van der Waals surface area contributed by atoms with Crippen LogP contribution in [0.4, 0.5) is 0 Å². The predicted molar refractivity (Wildman–Crippen MR) is 66.4 cm³/mol. The molecule has 0 saturated carbocycles. The largest absolute Gasteiger partial charge is 0.342 e. The summed E-state index contributed by atoms with van der Waals surface area (Å²) in [6.07, 6.45) is 5.22. The van der Waals surface area contributed by atoms with E-state index in [0.717, 1.165) is 24.8 Å². The minimum atomic E-state index is 0.286. The summed E-state index contributed by atoms with van der Waals surface area (Å²) >= 11 is 3.44. The van der Waals surface area contributed by atoms with E-state index in [0.29, 0.717) is 12.3 Å². The molecular formula is C12H15BrN2O. The maximum Gasteiger partial charge on any atom is 0.222 e. The lowest BCUT2D eigenvalue weighted by molar-refractivity contribution is -0.127. The summed E-state index contributed by atoms with van der Waals surface area (Å²) in [6.45, 7) is 1.71. The van der Waals surface area contributed by atoms with Crippen molar-refractivity contribution < 1.29 is 4.79 Å². The Balaban J connectivity index is 1.85. The monoisotopic (exact) mass is 282 g/mol. The van der Waals surface area contributed by atoms with E-state index < -0.39 is 0 Å². The molecule has 1 fully saturated rings. The molecule has 86 valence electrons. The number of aromatic nitrogens is 1. The Bertz CT molecular complexity index is 355. The van der Waals surface area contributed by atoms with Crippen molar-refractivity contribution in [2.75, 3.05) is 18.4 Å². The van der Waals surface area contributed by atoms with E-state index in [4.69, 9.17) is 0 Å². The SMILES string of the molecule is O=C1CC(CBr)CN1CCc1cccnc1. The minimum absolute atomic E-state index is 0.286. The van der Waals surface area contributed by atoms with Gasteiger partial charge in [-0.05, 0) is 24.0 Å². The first-order valence-corrected chi connectivity index (χ1v) is 6.64. The highest BCUT2D eigenvalue weighted by atomic mass is 79.9. The van der Waals surface area contributed by atoms with Crippen LogP contribution in [0, 0.1) is 5.92 Å². The summed E-state index contributed by atoms with van der Waals surface area (Å²) in [5, 5.41) is 0.919. The zero-order valence-corrected chi connectivity index (χ0v) is 10.7. The van der Waals surface area contributed by atoms with Gasteiger partial charge in [0.25, 0.3) is 0 Å². The molecule has 0 spiro atoms. The Morgan fingerprint density at radius 2 is 2.44 bits per heavy atom. The maximum atomic E-state index is 11.7. The van der Waals surface area contributed by atoms with Crippen molar-refractivity contribution in [2.24, 2.45) is 5.92 Å². The van der Waals surface area contributed by atoms with Gasteiger partial charge in [0.05, 0.1) is 0 Å². The van der Waals surface area contributed by atoms with Gasteiger partial charge in [-0.15, -0.1) is 0 Å². The van der Waals surface area contributed by atoms with Gasteiger partial charge in [0.15, 0.2) is 0 Å². The fourth-order valence-corrected chi connectivity index (χ4v) is 2.42. The Hall–Kier alpha value is -0.900. The number of pyridine rings is 1. The molecule has 1 aromatic heterocycles. The topological polar surface area (TPSA) is 33.2 Å². The number of halogens is 1. The molecule has 1 amide bonds. The van der Waals surface area contributed by atoms with Crippen LogP contribution in [-0.4, -0.2) is 34.2 Å². The molecule has 0 N–H and O–H groups in total. The van der Waals surface area contributed by atoms with Crippen LogP contribution in [0.1, 0.15) is 12.0 Å². The zero-order valence-electron chi connectivity index (χ0n) is 9.10. The first-order valence-electron chi connectivity index (χ1n) is 5.52. The van der Waals surface area contributed by atoms with Crippen molar-refractivity contribution in [1.82, 2.24) is 9.88 Å². The molecule has 1 aromatic rings. The maximum absolute atomic E-state index is 11.7. The van der Waals surface area contributed by atoms with Gasteiger partial charge in [0.1, 0.15) is 0 Å². The van der Waals surface area contributed by atoms with Crippen molar-refractivity contribution in [3.8, 4) is 0 Å². The fraction of sp³-hybridized carbons (Fsp3) is 0.500. The molecule has 0 aromatic carbocycles. The summed E-state index contributed by atoms with van der Waals surface area (Å²) in [4.78, 5) is 17.7. The highest BCUT2D eigenvalue weighted by Crippen LogP contribution is 2.19. The number of nitrogens with zero attached hydrogens (tertiary/aromatic N) is 2. The van der Waals surface area contributed by atoms with Crippen molar-refractivity contribution in [3.05, 3.63) is 30.1 Å². The quantitative estimate of drug-likeness (QED) is 0.790. The third kappa shape index (κ3) is 2.82. The van der Waals surface area contributed by atoms with Crippen LogP contribution in [0.25, 0.3) is 0 Å². The molecule has 2 heterocycles. The highest BCUT2D eigenvalue weighted by Gasteiger charge is 2.28. The molecule has 2 rings (SSSR count). The number of hydrogen-bond donors (Lipinski definition) is 0. The Morgan fingerprint density at radius 1 is 1.56 bits per heavy atom. The third-order valence-corrected chi connectivity index (χ3v) is 3.82. The predicted octanol–water partition coefficient (Wildman–Crippen LogP) is 1.87. The molecule has 1 atom stereocenters. The molecule has 1 unspecified atom stereocenters. The van der Waals surface area contributed by atoms with Gasteiger partial charge in [-0.2, -0.15) is 0 Å². The average molecular weight is 283 g/mol. The standard InChI is InChI=1S/C12H15BrN2O/c13-7-11-6-12(16)15(9-11)5-3-10-2-1-4-14-8-10/h1-2,4,8,11H,3,5-7,9H2. The van der Waals surface area contributed by atoms with Crippen LogP contribution < -0.4 is 0 Å². The van der Waals surface area contributed by atoms with Gasteiger partial charge >= 0.3 is 0 Å². The molecule has 1 aliphatic heterocycles. The average Bonchev–Trinajstić information content (AvgIpc) is 2.69. The number of carbonyl (C=O) groups excluding carboxylic acids is 1. The second-order valence-corrected chi connectivity index (χ2v) is 4.82. The van der Waals surface area contributed by atoms with Crippen molar-refractivity contribution in [1.29, 1.82) is 0 Å². The van der Waals surface area contributed by atoms with Gasteiger partial charge in [0.2, 0.25) is 5.91 Å². The van der Waals surface area contributed by atoms with Gasteiger partial charge in [0, 0.05) is 37.2 Å². The van der Waals surface area contributed by atoms with Gasteiger partial charge in [-0.25, -0.2) is 0 Å². The Labute approximate surface area is 104 Å². The second-order valence-electron chi connectivity index (χ2n) is 4.18. The Morgan fingerprint density at radius 3 is 3.06 bits per heavy atom. The third-order valence-electron chi connectivity index (χ3n) is 2.91. The number of carbonyl (C=O) groups is 1. The zero-order chi connectivity index (χ0) is 11.4. The molecule has 0 radical (unpaired) electrons. The lowest BCUT2D eigenvalue weighted by Crippen LogP contribution is -2.27. The van der Waals surface area contributed by atoms with Crippen LogP contribution in [0.5, 0.6) is 0 Å². The summed E-state index contributed by atoms with van der Waals surface area (Å²) in [6, 6.07) is 3.98. The van der Waals surface area contributed by atoms with Crippen LogP contribution >= 0.6 is 15.9 Å². The van der Waals surface area contributed by atoms with E-state index in [1.807, 2.05) is 17.2 Å². The molecule has 3 nitrogen and oxygen atoms in total. The lowest BCUT2D eigenvalue weighted by atomic mass is 10.2. The molecule has 1 saturated heterocycles. The fourth-order valence-electron chi connectivity index (χ4n) is 1.98. The van der Waals surface area contributed by atoms with Crippen molar-refractivity contribution >= 4 is 21.8 Å². The smallest absolute Gasteiger partial charge is 0.222 e. The van der Waals surface area contributed by atoms with E-state index in [9.17, 15) is 4.79 Å². The molecule has 16 heavy (non-hydrogen) atoms. The van der Waals surface area contributed by atoms with Crippen molar-refractivity contribution in [2.45, 2.75) is 12.8 Å². The van der Waals surface area contributed by atoms with Gasteiger partial charge < -0.3 is 4.90 Å². The number of hydrogen-bond acceptors (Lipinski definition) is 2. The van der Waals surface area contributed by atoms with Gasteiger partial charge in [-0.3, -0.25) is 9.78 Å². The molecule has 0 aliphatic carbocycles. The van der Waals surface area contributed by atoms with Crippen LogP contribution in [-0.2, 0) is 11.2 Å². The van der Waals surface area contributed by atoms with Crippen LogP contribution in [0.2, 0.25) is 0 Å². The number of amides is 1. The highest BCUT2D eigenvalue weighted by molar-refractivity contribution is 9.09. The first-order chi connectivity index (χ1) is 7.79. The van der Waals surface area contributed by atoms with Gasteiger partial charge in [-0.1, -0.05) is 22.0 Å². The summed E-state index contributed by atoms with van der Waals surface area (Å²) in [7, 11) is 0. The van der Waals surface area contributed by atoms with E-state index in [1.54, 1.807) is 6.20 Å². The summed E-state index contributed by atoms with van der Waals surface area (Å²) < 4.78 is 0. The number of likely N-dealkylation sites (tertiary alicyclic amines) is 1. The Kier molecular flexibility index (Phi) is 3.93. The normalized spacial score (nSPS) is 20.4. The molecule has 4 heteroatoms. The molecule has 1 aliphatic rings. The minimum Gasteiger partial charge on any atom is -0.342 e. The number of alkyl halides is 1. The molecule has 0 bridgehead atoms. The summed E-state index contributed by atoms with van der Waals surface area (Å²) in [5.41, 5.74) is 1.19. The number of rotatable bonds is 4. The lowest BCUT2D eigenvalue weighted by Gasteiger charge is -2.15. The van der Waals surface area contributed by atoms with Crippen LogP contribution in [0.3, 0.4) is 0 Å². The van der Waals surface area contributed by atoms with Crippen molar-refractivity contribution in [3.63, 3.8) is 0 Å². The van der Waals surface area contributed by atoms with E-state index >= 15 is 0 Å². The second kappa shape index (κ2) is 5.43. The summed E-state index contributed by atoms with van der Waals surface area (Å²) in [5.74, 6) is 0.773. The van der Waals surface area contributed by atoms with E-state index in [-0.39, 0.29) is 5.91 Å². The van der Waals surface area contributed by atoms with E-state index in [1.165, 1.54) is 5.56 Å². The first kappa shape index (κ1) is 11.6. The molecular weight excluding hydrogens is 268 g/mol.